The van der Waals surface area contributed by atoms with Crippen molar-refractivity contribution >= 4 is 28.6 Å². The predicted molar refractivity (Wildman–Crippen MR) is 82.4 cm³/mol. The number of ether oxygens (including phenoxy) is 1. The van der Waals surface area contributed by atoms with Crippen LogP contribution in [0.5, 0.6) is 0 Å². The number of hydrogen-bond donors (Lipinski definition) is 1. The van der Waals surface area contributed by atoms with Gasteiger partial charge in [0.25, 0.3) is 5.56 Å². The monoisotopic (exact) mass is 307 g/mol. The van der Waals surface area contributed by atoms with Crippen molar-refractivity contribution in [2.75, 3.05) is 13.7 Å². The number of thioether (sulfide) groups is 1. The molecule has 0 spiro atoms. The Morgan fingerprint density at radius 1 is 1.48 bits per heavy atom. The topological polar surface area (TPSA) is 87.2 Å². The summed E-state index contributed by atoms with van der Waals surface area (Å²) < 4.78 is 6.56. The van der Waals surface area contributed by atoms with Crippen molar-refractivity contribution in [3.05, 3.63) is 34.6 Å². The Morgan fingerprint density at radius 2 is 2.19 bits per heavy atom. The Bertz CT molecular complexity index is 714. The summed E-state index contributed by atoms with van der Waals surface area (Å²) >= 11 is 1.18. The third kappa shape index (κ3) is 3.43. The lowest BCUT2D eigenvalue weighted by Crippen LogP contribution is -2.28. The van der Waals surface area contributed by atoms with Crippen LogP contribution in [-0.2, 0) is 16.1 Å². The SMILES string of the molecule is COCCn1c(S[C@H](C)C(N)=O)nc2ccccc2c1=O. The van der Waals surface area contributed by atoms with Crippen LogP contribution in [0.3, 0.4) is 0 Å². The normalized spacial score (nSPS) is 12.5. The summed E-state index contributed by atoms with van der Waals surface area (Å²) in [5.74, 6) is -0.444. The van der Waals surface area contributed by atoms with Gasteiger partial charge in [-0.2, -0.15) is 0 Å². The molecule has 0 aliphatic rings. The number of hydrogen-bond acceptors (Lipinski definition) is 5. The van der Waals surface area contributed by atoms with E-state index in [0.717, 1.165) is 0 Å². The lowest BCUT2D eigenvalue weighted by molar-refractivity contribution is -0.117. The van der Waals surface area contributed by atoms with Crippen LogP contribution < -0.4 is 11.3 Å². The Hall–Kier alpha value is -1.86. The Labute approximate surface area is 126 Å². The van der Waals surface area contributed by atoms with E-state index in [9.17, 15) is 9.59 Å². The van der Waals surface area contributed by atoms with E-state index in [1.165, 1.54) is 16.3 Å². The van der Waals surface area contributed by atoms with Crippen molar-refractivity contribution in [1.29, 1.82) is 0 Å². The zero-order chi connectivity index (χ0) is 15.4. The smallest absolute Gasteiger partial charge is 0.262 e. The number of fused-ring (bicyclic) bond motifs is 1. The molecule has 0 bridgehead atoms. The minimum atomic E-state index is -0.466. The van der Waals surface area contributed by atoms with Crippen molar-refractivity contribution in [3.63, 3.8) is 0 Å². The summed E-state index contributed by atoms with van der Waals surface area (Å²) in [6, 6.07) is 7.13. The number of nitrogens with two attached hydrogens (primary N) is 1. The molecule has 6 nitrogen and oxygen atoms in total. The number of para-hydroxylation sites is 1. The molecule has 1 amide bonds. The summed E-state index contributed by atoms with van der Waals surface area (Å²) in [5.41, 5.74) is 5.75. The van der Waals surface area contributed by atoms with Gasteiger partial charge in [-0.1, -0.05) is 23.9 Å². The predicted octanol–water partition coefficient (Wildman–Crippen LogP) is 1.01. The van der Waals surface area contributed by atoms with Crippen LogP contribution in [0.4, 0.5) is 0 Å². The molecule has 0 aliphatic carbocycles. The van der Waals surface area contributed by atoms with Gasteiger partial charge in [0.1, 0.15) is 0 Å². The molecule has 1 aromatic carbocycles. The molecule has 1 heterocycles. The summed E-state index contributed by atoms with van der Waals surface area (Å²) in [4.78, 5) is 28.3. The molecule has 1 atom stereocenters. The molecule has 0 saturated carbocycles. The number of rotatable bonds is 6. The Kier molecular flexibility index (Phi) is 4.98. The van der Waals surface area contributed by atoms with Gasteiger partial charge in [-0.25, -0.2) is 4.98 Å². The molecule has 1 aromatic heterocycles. The molecule has 2 rings (SSSR count). The third-order valence-corrected chi connectivity index (χ3v) is 4.14. The molecular weight excluding hydrogens is 290 g/mol. The summed E-state index contributed by atoms with van der Waals surface area (Å²) in [6.07, 6.45) is 0. The molecule has 0 fully saturated rings. The second-order valence-electron chi connectivity index (χ2n) is 4.52. The number of nitrogens with zero attached hydrogens (tertiary/aromatic N) is 2. The number of aromatic nitrogens is 2. The maximum atomic E-state index is 12.5. The van der Waals surface area contributed by atoms with E-state index in [2.05, 4.69) is 4.98 Å². The van der Waals surface area contributed by atoms with E-state index in [-0.39, 0.29) is 5.56 Å². The zero-order valence-corrected chi connectivity index (χ0v) is 12.7. The Balaban J connectivity index is 2.54. The number of amides is 1. The zero-order valence-electron chi connectivity index (χ0n) is 11.9. The van der Waals surface area contributed by atoms with E-state index in [4.69, 9.17) is 10.5 Å². The van der Waals surface area contributed by atoms with Crippen LogP contribution >= 0.6 is 11.8 Å². The molecule has 7 heteroatoms. The van der Waals surface area contributed by atoms with Crippen LogP contribution in [0.25, 0.3) is 10.9 Å². The van der Waals surface area contributed by atoms with E-state index in [1.54, 1.807) is 32.2 Å². The fourth-order valence-corrected chi connectivity index (χ4v) is 2.72. The largest absolute Gasteiger partial charge is 0.383 e. The third-order valence-electron chi connectivity index (χ3n) is 3.03. The second-order valence-corrected chi connectivity index (χ2v) is 5.83. The summed E-state index contributed by atoms with van der Waals surface area (Å²) in [6.45, 7) is 2.45. The fourth-order valence-electron chi connectivity index (χ4n) is 1.83. The van der Waals surface area contributed by atoms with Crippen molar-refractivity contribution in [3.8, 4) is 0 Å². The first-order valence-electron chi connectivity index (χ1n) is 6.49. The van der Waals surface area contributed by atoms with Gasteiger partial charge in [-0.3, -0.25) is 14.2 Å². The highest BCUT2D eigenvalue weighted by atomic mass is 32.2. The molecule has 112 valence electrons. The van der Waals surface area contributed by atoms with E-state index < -0.39 is 11.2 Å². The molecule has 0 saturated heterocycles. The van der Waals surface area contributed by atoms with Crippen LogP contribution in [0.2, 0.25) is 0 Å². The first kappa shape index (κ1) is 15.5. The standard InChI is InChI=1S/C14H17N3O3S/c1-9(12(15)18)21-14-16-11-6-4-3-5-10(11)13(19)17(14)7-8-20-2/h3-6,9H,7-8H2,1-2H3,(H2,15,18)/t9-/m1/s1. The van der Waals surface area contributed by atoms with Gasteiger partial charge in [-0.15, -0.1) is 0 Å². The first-order valence-corrected chi connectivity index (χ1v) is 7.37. The maximum Gasteiger partial charge on any atom is 0.262 e. The average Bonchev–Trinajstić information content (AvgIpc) is 2.47. The lowest BCUT2D eigenvalue weighted by atomic mass is 10.2. The highest BCUT2D eigenvalue weighted by Gasteiger charge is 2.17. The van der Waals surface area contributed by atoms with Crippen molar-refractivity contribution in [1.82, 2.24) is 9.55 Å². The molecule has 0 aliphatic heterocycles. The Morgan fingerprint density at radius 3 is 2.86 bits per heavy atom. The van der Waals surface area contributed by atoms with Gasteiger partial charge in [0.15, 0.2) is 5.16 Å². The minimum absolute atomic E-state index is 0.142. The van der Waals surface area contributed by atoms with Gasteiger partial charge in [0.05, 0.1) is 29.3 Å². The fraction of sp³-hybridized carbons (Fsp3) is 0.357. The van der Waals surface area contributed by atoms with Crippen molar-refractivity contribution < 1.29 is 9.53 Å². The molecule has 0 unspecified atom stereocenters. The first-order chi connectivity index (χ1) is 10.0. The van der Waals surface area contributed by atoms with Crippen molar-refractivity contribution in [2.24, 2.45) is 5.73 Å². The van der Waals surface area contributed by atoms with Crippen LogP contribution in [0, 0.1) is 0 Å². The van der Waals surface area contributed by atoms with Gasteiger partial charge < -0.3 is 10.5 Å². The molecule has 2 aromatic rings. The van der Waals surface area contributed by atoms with E-state index >= 15 is 0 Å². The average molecular weight is 307 g/mol. The van der Waals surface area contributed by atoms with Crippen molar-refractivity contribution in [2.45, 2.75) is 23.9 Å². The second kappa shape index (κ2) is 6.73. The number of carbonyl (C=O) groups excluding carboxylic acids is 1. The highest BCUT2D eigenvalue weighted by molar-refractivity contribution is 8.00. The summed E-state index contributed by atoms with van der Waals surface area (Å²) in [7, 11) is 1.57. The van der Waals surface area contributed by atoms with Gasteiger partial charge in [0, 0.05) is 7.11 Å². The van der Waals surface area contributed by atoms with Crippen LogP contribution in [-0.4, -0.2) is 34.4 Å². The minimum Gasteiger partial charge on any atom is -0.383 e. The molecule has 2 N–H and O–H groups in total. The quantitative estimate of drug-likeness (QED) is 0.635. The van der Waals surface area contributed by atoms with E-state index in [1.807, 2.05) is 6.07 Å². The van der Waals surface area contributed by atoms with Crippen LogP contribution in [0.15, 0.2) is 34.2 Å². The summed E-state index contributed by atoms with van der Waals surface area (Å²) in [5, 5.41) is 0.554. The highest BCUT2D eigenvalue weighted by Crippen LogP contribution is 2.22. The van der Waals surface area contributed by atoms with Crippen LogP contribution in [0.1, 0.15) is 6.92 Å². The lowest BCUT2D eigenvalue weighted by Gasteiger charge is -2.14. The molecule has 21 heavy (non-hydrogen) atoms. The number of primary amides is 1. The van der Waals surface area contributed by atoms with Gasteiger partial charge >= 0.3 is 0 Å². The van der Waals surface area contributed by atoms with E-state index in [0.29, 0.717) is 29.2 Å². The number of carbonyl (C=O) groups is 1. The number of methoxy groups -OCH3 is 1. The number of benzene rings is 1. The molecular formula is C14H17N3O3S. The van der Waals surface area contributed by atoms with Gasteiger partial charge in [-0.05, 0) is 19.1 Å². The maximum absolute atomic E-state index is 12.5. The van der Waals surface area contributed by atoms with Gasteiger partial charge in [0.2, 0.25) is 5.91 Å². The molecule has 0 radical (unpaired) electrons.